The highest BCUT2D eigenvalue weighted by molar-refractivity contribution is 6.29. The maximum Gasteiger partial charge on any atom is 0.185 e. The summed E-state index contributed by atoms with van der Waals surface area (Å²) in [4.78, 5) is 4.23. The van der Waals surface area contributed by atoms with Crippen molar-refractivity contribution in [2.75, 3.05) is 0 Å². The molecule has 0 bridgehead atoms. The standard InChI is InChI=1S/C12H7ClFN3/c13-10-6-3-7-11-15-12(16-17(10)11)8-4-1-2-5-9(8)14/h1-7H. The summed E-state index contributed by atoms with van der Waals surface area (Å²) < 4.78 is 15.1. The molecule has 3 rings (SSSR count). The molecule has 0 spiro atoms. The van der Waals surface area contributed by atoms with Crippen LogP contribution in [0.3, 0.4) is 0 Å². The Hall–Kier alpha value is -1.94. The van der Waals surface area contributed by atoms with Crippen molar-refractivity contribution in [1.29, 1.82) is 0 Å². The molecule has 0 amide bonds. The predicted molar refractivity (Wildman–Crippen MR) is 63.4 cm³/mol. The van der Waals surface area contributed by atoms with Crippen molar-refractivity contribution in [2.45, 2.75) is 0 Å². The van der Waals surface area contributed by atoms with Crippen molar-refractivity contribution in [1.82, 2.24) is 14.6 Å². The molecule has 17 heavy (non-hydrogen) atoms. The largest absolute Gasteiger partial charge is 0.207 e. The number of pyridine rings is 1. The molecular weight excluding hydrogens is 241 g/mol. The summed E-state index contributed by atoms with van der Waals surface area (Å²) in [5.41, 5.74) is 0.961. The van der Waals surface area contributed by atoms with Crippen molar-refractivity contribution in [3.05, 3.63) is 53.4 Å². The van der Waals surface area contributed by atoms with Gasteiger partial charge in [-0.05, 0) is 24.3 Å². The first-order chi connectivity index (χ1) is 8.25. The lowest BCUT2D eigenvalue weighted by Crippen LogP contribution is -1.89. The van der Waals surface area contributed by atoms with Crippen molar-refractivity contribution < 1.29 is 4.39 Å². The van der Waals surface area contributed by atoms with E-state index in [0.29, 0.717) is 22.2 Å². The van der Waals surface area contributed by atoms with Crippen LogP contribution < -0.4 is 0 Å². The number of hydrogen-bond acceptors (Lipinski definition) is 2. The van der Waals surface area contributed by atoms with Gasteiger partial charge in [0.05, 0.1) is 5.56 Å². The molecular formula is C12H7ClFN3. The van der Waals surface area contributed by atoms with E-state index in [0.717, 1.165) is 0 Å². The van der Waals surface area contributed by atoms with Crippen LogP contribution in [0, 0.1) is 5.82 Å². The summed E-state index contributed by atoms with van der Waals surface area (Å²) in [5, 5.41) is 4.62. The predicted octanol–water partition coefficient (Wildman–Crippen LogP) is 3.19. The van der Waals surface area contributed by atoms with Crippen LogP contribution in [-0.2, 0) is 0 Å². The molecule has 3 nitrogen and oxygen atoms in total. The molecule has 3 aromatic rings. The number of halogens is 2. The van der Waals surface area contributed by atoms with Gasteiger partial charge < -0.3 is 0 Å². The Kier molecular flexibility index (Phi) is 2.30. The van der Waals surface area contributed by atoms with Gasteiger partial charge in [0.1, 0.15) is 11.0 Å². The highest BCUT2D eigenvalue weighted by Gasteiger charge is 2.11. The van der Waals surface area contributed by atoms with E-state index in [2.05, 4.69) is 10.1 Å². The molecule has 0 atom stereocenters. The van der Waals surface area contributed by atoms with Gasteiger partial charge >= 0.3 is 0 Å². The minimum absolute atomic E-state index is 0.330. The van der Waals surface area contributed by atoms with Gasteiger partial charge in [0.2, 0.25) is 0 Å². The Labute approximate surface area is 101 Å². The van der Waals surface area contributed by atoms with Gasteiger partial charge in [0.15, 0.2) is 11.5 Å². The Balaban J connectivity index is 2.26. The van der Waals surface area contributed by atoms with E-state index in [1.807, 2.05) is 0 Å². The number of aromatic nitrogens is 3. The zero-order chi connectivity index (χ0) is 11.8. The van der Waals surface area contributed by atoms with E-state index in [4.69, 9.17) is 11.6 Å². The first-order valence-electron chi connectivity index (χ1n) is 5.02. The molecule has 0 N–H and O–H groups in total. The summed E-state index contributed by atoms with van der Waals surface area (Å²) in [6.07, 6.45) is 0. The van der Waals surface area contributed by atoms with Crippen LogP contribution in [0.25, 0.3) is 17.0 Å². The van der Waals surface area contributed by atoms with Gasteiger partial charge in [-0.15, -0.1) is 5.10 Å². The summed E-state index contributed by atoms with van der Waals surface area (Å²) >= 11 is 5.96. The van der Waals surface area contributed by atoms with Gasteiger partial charge in [0.25, 0.3) is 0 Å². The number of benzene rings is 1. The number of hydrogen-bond donors (Lipinski definition) is 0. The fourth-order valence-electron chi connectivity index (χ4n) is 1.63. The first kappa shape index (κ1) is 10.2. The van der Waals surface area contributed by atoms with Crippen LogP contribution >= 0.6 is 11.6 Å². The second-order valence-corrected chi connectivity index (χ2v) is 3.92. The van der Waals surface area contributed by atoms with Gasteiger partial charge in [-0.2, -0.15) is 0 Å². The minimum Gasteiger partial charge on any atom is -0.207 e. The maximum absolute atomic E-state index is 13.6. The van der Waals surface area contributed by atoms with Crippen LogP contribution in [0.2, 0.25) is 5.15 Å². The first-order valence-corrected chi connectivity index (χ1v) is 5.40. The fourth-order valence-corrected chi connectivity index (χ4v) is 1.83. The lowest BCUT2D eigenvalue weighted by molar-refractivity contribution is 0.630. The van der Waals surface area contributed by atoms with Crippen LogP contribution in [-0.4, -0.2) is 14.6 Å². The number of nitrogens with zero attached hydrogens (tertiary/aromatic N) is 3. The Morgan fingerprint density at radius 3 is 2.65 bits per heavy atom. The summed E-state index contributed by atoms with van der Waals surface area (Å²) in [6.45, 7) is 0. The van der Waals surface area contributed by atoms with Crippen molar-refractivity contribution in [3.8, 4) is 11.4 Å². The fraction of sp³-hybridized carbons (Fsp3) is 0. The Bertz CT molecular complexity index is 693. The second kappa shape index (κ2) is 3.82. The summed E-state index contributed by atoms with van der Waals surface area (Å²) in [6, 6.07) is 11.6. The molecule has 84 valence electrons. The van der Waals surface area contributed by atoms with Crippen LogP contribution in [0.5, 0.6) is 0 Å². The number of rotatable bonds is 1. The van der Waals surface area contributed by atoms with E-state index in [1.54, 1.807) is 36.4 Å². The lowest BCUT2D eigenvalue weighted by atomic mass is 10.2. The molecule has 0 radical (unpaired) electrons. The van der Waals surface area contributed by atoms with E-state index in [-0.39, 0.29) is 5.82 Å². The van der Waals surface area contributed by atoms with Crippen molar-refractivity contribution >= 4 is 17.2 Å². The minimum atomic E-state index is -0.348. The third kappa shape index (κ3) is 1.66. The highest BCUT2D eigenvalue weighted by atomic mass is 35.5. The van der Waals surface area contributed by atoms with Gasteiger partial charge in [-0.1, -0.05) is 29.8 Å². The van der Waals surface area contributed by atoms with E-state index >= 15 is 0 Å². The zero-order valence-corrected chi connectivity index (χ0v) is 9.39. The molecule has 0 aliphatic carbocycles. The molecule has 1 aromatic carbocycles. The average molecular weight is 248 g/mol. The summed E-state index contributed by atoms with van der Waals surface area (Å²) in [7, 11) is 0. The van der Waals surface area contributed by atoms with Crippen LogP contribution in [0.15, 0.2) is 42.5 Å². The third-order valence-corrected chi connectivity index (χ3v) is 2.71. The zero-order valence-electron chi connectivity index (χ0n) is 8.64. The van der Waals surface area contributed by atoms with Crippen molar-refractivity contribution in [3.63, 3.8) is 0 Å². The molecule has 0 fully saturated rings. The van der Waals surface area contributed by atoms with Gasteiger partial charge in [0, 0.05) is 0 Å². The molecule has 0 aliphatic heterocycles. The van der Waals surface area contributed by atoms with Gasteiger partial charge in [-0.25, -0.2) is 13.9 Å². The molecule has 0 saturated heterocycles. The van der Waals surface area contributed by atoms with Gasteiger partial charge in [-0.3, -0.25) is 0 Å². The normalized spacial score (nSPS) is 10.9. The smallest absolute Gasteiger partial charge is 0.185 e. The van der Waals surface area contributed by atoms with Crippen molar-refractivity contribution in [2.24, 2.45) is 0 Å². The van der Waals surface area contributed by atoms with E-state index < -0.39 is 0 Å². The molecule has 0 unspecified atom stereocenters. The Morgan fingerprint density at radius 1 is 1.06 bits per heavy atom. The van der Waals surface area contributed by atoms with Crippen LogP contribution in [0.1, 0.15) is 0 Å². The summed E-state index contributed by atoms with van der Waals surface area (Å²) in [5.74, 6) is -0.0178. The molecule has 5 heteroatoms. The Morgan fingerprint density at radius 2 is 1.88 bits per heavy atom. The molecule has 2 aromatic heterocycles. The SMILES string of the molecule is Fc1ccccc1-c1nc2cccc(Cl)n2n1. The third-order valence-electron chi connectivity index (χ3n) is 2.43. The van der Waals surface area contributed by atoms with E-state index in [1.165, 1.54) is 10.6 Å². The lowest BCUT2D eigenvalue weighted by Gasteiger charge is -1.95. The monoisotopic (exact) mass is 247 g/mol. The van der Waals surface area contributed by atoms with Crippen LogP contribution in [0.4, 0.5) is 4.39 Å². The van der Waals surface area contributed by atoms with E-state index in [9.17, 15) is 4.39 Å². The number of fused-ring (bicyclic) bond motifs is 1. The quantitative estimate of drug-likeness (QED) is 0.618. The topological polar surface area (TPSA) is 30.2 Å². The molecule has 0 aliphatic rings. The second-order valence-electron chi connectivity index (χ2n) is 3.53. The highest BCUT2D eigenvalue weighted by Crippen LogP contribution is 2.21. The molecule has 0 saturated carbocycles. The average Bonchev–Trinajstić information content (AvgIpc) is 2.75. The molecule has 2 heterocycles. The maximum atomic E-state index is 13.6.